The minimum atomic E-state index is -3.09. The van der Waals surface area contributed by atoms with Crippen LogP contribution in [0.1, 0.15) is 24.0 Å². The van der Waals surface area contributed by atoms with Crippen molar-refractivity contribution in [2.75, 3.05) is 12.8 Å². The molecule has 0 unspecified atom stereocenters. The van der Waals surface area contributed by atoms with Crippen LogP contribution in [0.5, 0.6) is 0 Å². The second-order valence-electron chi connectivity index (χ2n) is 5.48. The number of aryl methyl sites for hydroxylation is 1. The van der Waals surface area contributed by atoms with Gasteiger partial charge in [-0.05, 0) is 42.0 Å². The lowest BCUT2D eigenvalue weighted by Gasteiger charge is -2.06. The smallest absolute Gasteiger partial charge is 0.208 e. The molecule has 23 heavy (non-hydrogen) atoms. The van der Waals surface area contributed by atoms with Crippen molar-refractivity contribution in [3.05, 3.63) is 59.7 Å². The van der Waals surface area contributed by atoms with E-state index in [2.05, 4.69) is 22.9 Å². The monoisotopic (exact) mass is 328 g/mol. The lowest BCUT2D eigenvalue weighted by Crippen LogP contribution is -2.22. The topological polar surface area (TPSA) is 70.0 Å². The SMILES string of the molecule is CS(=O)(=O)NCCCCc1ccc(-c2ccccc2C#N)cc1. The van der Waals surface area contributed by atoms with Gasteiger partial charge in [-0.25, -0.2) is 13.1 Å². The molecule has 4 nitrogen and oxygen atoms in total. The molecular formula is C18H20N2O2S. The van der Waals surface area contributed by atoms with Crippen LogP contribution in [0.25, 0.3) is 11.1 Å². The highest BCUT2D eigenvalue weighted by Gasteiger charge is 2.04. The molecule has 0 atom stereocenters. The van der Waals surface area contributed by atoms with E-state index < -0.39 is 10.0 Å². The van der Waals surface area contributed by atoms with Crippen molar-refractivity contribution in [1.29, 1.82) is 5.26 Å². The summed E-state index contributed by atoms with van der Waals surface area (Å²) in [5.41, 5.74) is 3.86. The van der Waals surface area contributed by atoms with Crippen LogP contribution in [-0.4, -0.2) is 21.2 Å². The van der Waals surface area contributed by atoms with Crippen molar-refractivity contribution in [1.82, 2.24) is 4.72 Å². The molecule has 0 spiro atoms. The van der Waals surface area contributed by atoms with Crippen molar-refractivity contribution >= 4 is 10.0 Å². The Balaban J connectivity index is 1.91. The third kappa shape index (κ3) is 5.51. The van der Waals surface area contributed by atoms with E-state index in [1.54, 1.807) is 0 Å². The summed E-state index contributed by atoms with van der Waals surface area (Å²) in [5.74, 6) is 0. The number of sulfonamides is 1. The zero-order valence-electron chi connectivity index (χ0n) is 13.1. The van der Waals surface area contributed by atoms with Crippen molar-refractivity contribution in [3.8, 4) is 17.2 Å². The third-order valence-electron chi connectivity index (χ3n) is 3.57. The number of nitrogens with zero attached hydrogens (tertiary/aromatic N) is 1. The fourth-order valence-electron chi connectivity index (χ4n) is 2.39. The Morgan fingerprint density at radius 3 is 2.39 bits per heavy atom. The van der Waals surface area contributed by atoms with Crippen LogP contribution in [-0.2, 0) is 16.4 Å². The molecule has 0 aliphatic carbocycles. The van der Waals surface area contributed by atoms with E-state index in [0.717, 1.165) is 30.4 Å². The Morgan fingerprint density at radius 2 is 1.74 bits per heavy atom. The minimum absolute atomic E-state index is 0.479. The maximum Gasteiger partial charge on any atom is 0.208 e. The van der Waals surface area contributed by atoms with Gasteiger partial charge in [0.25, 0.3) is 0 Å². The predicted molar refractivity (Wildman–Crippen MR) is 92.4 cm³/mol. The highest BCUT2D eigenvalue weighted by atomic mass is 32.2. The van der Waals surface area contributed by atoms with E-state index in [9.17, 15) is 8.42 Å². The van der Waals surface area contributed by atoms with Gasteiger partial charge in [0.1, 0.15) is 0 Å². The van der Waals surface area contributed by atoms with Crippen molar-refractivity contribution in [2.24, 2.45) is 0 Å². The average molecular weight is 328 g/mol. The zero-order valence-corrected chi connectivity index (χ0v) is 13.9. The van der Waals surface area contributed by atoms with Gasteiger partial charge < -0.3 is 0 Å². The van der Waals surface area contributed by atoms with Crippen molar-refractivity contribution in [3.63, 3.8) is 0 Å². The molecule has 0 saturated carbocycles. The summed E-state index contributed by atoms with van der Waals surface area (Å²) < 4.78 is 24.4. The minimum Gasteiger partial charge on any atom is -0.215 e. The van der Waals surface area contributed by atoms with E-state index in [0.29, 0.717) is 12.1 Å². The molecule has 0 aliphatic heterocycles. The van der Waals surface area contributed by atoms with Crippen LogP contribution in [0.15, 0.2) is 48.5 Å². The molecule has 0 aliphatic rings. The number of hydrogen-bond acceptors (Lipinski definition) is 3. The zero-order chi connectivity index (χ0) is 16.7. The van der Waals surface area contributed by atoms with E-state index in [4.69, 9.17) is 5.26 Å². The third-order valence-corrected chi connectivity index (χ3v) is 4.30. The van der Waals surface area contributed by atoms with Crippen molar-refractivity contribution < 1.29 is 8.42 Å². The second kappa shape index (κ2) is 7.91. The summed E-state index contributed by atoms with van der Waals surface area (Å²) >= 11 is 0. The first-order valence-electron chi connectivity index (χ1n) is 7.53. The fraction of sp³-hybridized carbons (Fsp3) is 0.278. The molecule has 0 heterocycles. The summed E-state index contributed by atoms with van der Waals surface area (Å²) in [6.45, 7) is 0.479. The van der Waals surface area contributed by atoms with Crippen LogP contribution < -0.4 is 4.72 Å². The van der Waals surface area contributed by atoms with Crippen LogP contribution in [0.4, 0.5) is 0 Å². The van der Waals surface area contributed by atoms with Gasteiger partial charge in [0, 0.05) is 6.54 Å². The first kappa shape index (κ1) is 17.2. The number of nitriles is 1. The Bertz CT molecular complexity index is 791. The predicted octanol–water partition coefficient (Wildman–Crippen LogP) is 3.10. The van der Waals surface area contributed by atoms with E-state index in [1.807, 2.05) is 36.4 Å². The van der Waals surface area contributed by atoms with Gasteiger partial charge in [-0.3, -0.25) is 0 Å². The first-order chi connectivity index (χ1) is 11.0. The van der Waals surface area contributed by atoms with Gasteiger partial charge >= 0.3 is 0 Å². The van der Waals surface area contributed by atoms with Crippen LogP contribution in [0.3, 0.4) is 0 Å². The second-order valence-corrected chi connectivity index (χ2v) is 7.31. The molecule has 0 fully saturated rings. The van der Waals surface area contributed by atoms with E-state index >= 15 is 0 Å². The van der Waals surface area contributed by atoms with Crippen LogP contribution in [0, 0.1) is 11.3 Å². The average Bonchev–Trinajstić information content (AvgIpc) is 2.54. The highest BCUT2D eigenvalue weighted by molar-refractivity contribution is 7.88. The van der Waals surface area contributed by atoms with E-state index in [-0.39, 0.29) is 0 Å². The number of nitrogens with one attached hydrogen (secondary N) is 1. The lowest BCUT2D eigenvalue weighted by molar-refractivity contribution is 0.583. The van der Waals surface area contributed by atoms with Gasteiger partial charge in [0.05, 0.1) is 17.9 Å². The largest absolute Gasteiger partial charge is 0.215 e. The Morgan fingerprint density at radius 1 is 1.04 bits per heavy atom. The summed E-state index contributed by atoms with van der Waals surface area (Å²) in [6.07, 6.45) is 3.82. The van der Waals surface area contributed by atoms with Crippen LogP contribution in [0.2, 0.25) is 0 Å². The summed E-state index contributed by atoms with van der Waals surface area (Å²) in [6, 6.07) is 18.0. The highest BCUT2D eigenvalue weighted by Crippen LogP contribution is 2.23. The van der Waals surface area contributed by atoms with Crippen molar-refractivity contribution in [2.45, 2.75) is 19.3 Å². The van der Waals surface area contributed by atoms with Gasteiger partial charge in [-0.2, -0.15) is 5.26 Å². The number of unbranched alkanes of at least 4 members (excludes halogenated alkanes) is 1. The van der Waals surface area contributed by atoms with Crippen LogP contribution >= 0.6 is 0 Å². The number of benzene rings is 2. The first-order valence-corrected chi connectivity index (χ1v) is 9.42. The van der Waals surface area contributed by atoms with E-state index in [1.165, 1.54) is 11.8 Å². The maximum absolute atomic E-state index is 11.0. The standard InChI is InChI=1S/C18H20N2O2S/c1-23(21,22)20-13-5-4-6-15-9-11-16(12-10-15)18-8-3-2-7-17(18)14-19/h2-3,7-12,20H,4-6,13H2,1H3. The molecule has 2 aromatic rings. The lowest BCUT2D eigenvalue weighted by atomic mass is 9.98. The molecule has 120 valence electrons. The molecule has 1 N–H and O–H groups in total. The molecule has 0 bridgehead atoms. The molecule has 2 rings (SSSR count). The molecule has 0 radical (unpaired) electrons. The molecular weight excluding hydrogens is 308 g/mol. The quantitative estimate of drug-likeness (QED) is 0.794. The van der Waals surface area contributed by atoms with Gasteiger partial charge in [0.15, 0.2) is 0 Å². The summed E-state index contributed by atoms with van der Waals surface area (Å²) in [7, 11) is -3.09. The molecule has 5 heteroatoms. The van der Waals surface area contributed by atoms with Gasteiger partial charge in [0.2, 0.25) is 10.0 Å². The Hall–Kier alpha value is -2.16. The summed E-state index contributed by atoms with van der Waals surface area (Å²) in [4.78, 5) is 0. The number of rotatable bonds is 7. The molecule has 0 amide bonds. The summed E-state index contributed by atoms with van der Waals surface area (Å²) in [5, 5.41) is 9.16. The maximum atomic E-state index is 11.0. The Labute approximate surface area is 137 Å². The Kier molecular flexibility index (Phi) is 5.91. The fourth-order valence-corrected chi connectivity index (χ4v) is 2.91. The van der Waals surface area contributed by atoms with Gasteiger partial charge in [-0.15, -0.1) is 0 Å². The molecule has 0 aromatic heterocycles. The molecule has 0 saturated heterocycles. The van der Waals surface area contributed by atoms with Gasteiger partial charge in [-0.1, -0.05) is 42.5 Å². The normalized spacial score (nSPS) is 11.1. The molecule has 2 aromatic carbocycles. The number of hydrogen-bond donors (Lipinski definition) is 1.